The summed E-state index contributed by atoms with van der Waals surface area (Å²) < 4.78 is 0. The predicted molar refractivity (Wildman–Crippen MR) is 83.4 cm³/mol. The molecule has 0 amide bonds. The molecule has 104 valence electrons. The molecule has 20 heavy (non-hydrogen) atoms. The summed E-state index contributed by atoms with van der Waals surface area (Å²) in [5, 5.41) is 9.13. The lowest BCUT2D eigenvalue weighted by Crippen LogP contribution is -2.11. The third-order valence-corrected chi connectivity index (χ3v) is 3.52. The van der Waals surface area contributed by atoms with Crippen LogP contribution in [-0.4, -0.2) is 4.98 Å². The van der Waals surface area contributed by atoms with Crippen LogP contribution in [0, 0.1) is 0 Å². The van der Waals surface area contributed by atoms with Crippen LogP contribution in [-0.2, 0) is 5.00 Å². The fourth-order valence-corrected chi connectivity index (χ4v) is 2.50. The van der Waals surface area contributed by atoms with E-state index in [0.717, 1.165) is 0 Å². The van der Waals surface area contributed by atoms with Gasteiger partial charge in [0.2, 0.25) is 0 Å². The third-order valence-electron chi connectivity index (χ3n) is 2.45. The van der Waals surface area contributed by atoms with Crippen LogP contribution < -0.4 is 0 Å². The summed E-state index contributed by atoms with van der Waals surface area (Å²) in [5.41, 5.74) is 0.896. The standard InChI is InChI=1S/C13H9Cl4N3/c1-13(17,11-4-2-3-5-18-11)20-19-12-9(15)6-8(14)7-10(12)16/h2-7H,1H3. The number of benzene rings is 1. The second-order valence-electron chi connectivity index (χ2n) is 4.09. The van der Waals surface area contributed by atoms with Crippen molar-refractivity contribution in [2.75, 3.05) is 0 Å². The Balaban J connectivity index is 2.34. The van der Waals surface area contributed by atoms with Crippen LogP contribution in [0.2, 0.25) is 15.1 Å². The average Bonchev–Trinajstić information content (AvgIpc) is 2.38. The molecule has 1 heterocycles. The molecule has 1 aromatic carbocycles. The van der Waals surface area contributed by atoms with Gasteiger partial charge in [0.15, 0.2) is 5.00 Å². The maximum atomic E-state index is 6.31. The first-order chi connectivity index (χ1) is 9.40. The highest BCUT2D eigenvalue weighted by atomic mass is 35.5. The van der Waals surface area contributed by atoms with Gasteiger partial charge < -0.3 is 0 Å². The van der Waals surface area contributed by atoms with Crippen LogP contribution in [0.1, 0.15) is 12.6 Å². The first kappa shape index (κ1) is 15.5. The minimum absolute atomic E-state index is 0.305. The first-order valence-electron chi connectivity index (χ1n) is 5.58. The Morgan fingerprint density at radius 2 is 1.75 bits per heavy atom. The number of aromatic nitrogens is 1. The molecule has 1 unspecified atom stereocenters. The molecule has 0 aliphatic carbocycles. The zero-order valence-electron chi connectivity index (χ0n) is 10.3. The minimum Gasteiger partial charge on any atom is -0.257 e. The molecule has 0 aliphatic heterocycles. The van der Waals surface area contributed by atoms with Crippen molar-refractivity contribution in [2.45, 2.75) is 11.9 Å². The van der Waals surface area contributed by atoms with Crippen LogP contribution in [0.4, 0.5) is 5.69 Å². The highest BCUT2D eigenvalue weighted by Gasteiger charge is 2.24. The van der Waals surface area contributed by atoms with Gasteiger partial charge in [-0.3, -0.25) is 4.98 Å². The number of hydrogen-bond acceptors (Lipinski definition) is 3. The van der Waals surface area contributed by atoms with Crippen LogP contribution >= 0.6 is 46.4 Å². The lowest BCUT2D eigenvalue weighted by molar-refractivity contribution is 0.654. The largest absolute Gasteiger partial charge is 0.257 e. The third kappa shape index (κ3) is 3.61. The minimum atomic E-state index is -1.10. The van der Waals surface area contributed by atoms with Crippen molar-refractivity contribution >= 4 is 52.1 Å². The van der Waals surface area contributed by atoms with E-state index in [1.165, 1.54) is 12.1 Å². The van der Waals surface area contributed by atoms with Gasteiger partial charge in [-0.05, 0) is 31.2 Å². The Morgan fingerprint density at radius 1 is 1.10 bits per heavy atom. The van der Waals surface area contributed by atoms with Crippen molar-refractivity contribution in [3.8, 4) is 0 Å². The van der Waals surface area contributed by atoms with Gasteiger partial charge >= 0.3 is 0 Å². The highest BCUT2D eigenvalue weighted by Crippen LogP contribution is 2.38. The molecule has 0 spiro atoms. The highest BCUT2D eigenvalue weighted by molar-refractivity contribution is 6.41. The lowest BCUT2D eigenvalue weighted by Gasteiger charge is -2.14. The van der Waals surface area contributed by atoms with Crippen LogP contribution in [0.3, 0.4) is 0 Å². The van der Waals surface area contributed by atoms with Gasteiger partial charge in [0, 0.05) is 11.2 Å². The summed E-state index contributed by atoms with van der Waals surface area (Å²) in [6.07, 6.45) is 1.63. The predicted octanol–water partition coefficient (Wildman–Crippen LogP) is 6.24. The number of hydrogen-bond donors (Lipinski definition) is 0. The van der Waals surface area contributed by atoms with Crippen LogP contribution in [0.5, 0.6) is 0 Å². The van der Waals surface area contributed by atoms with Crippen molar-refractivity contribution in [2.24, 2.45) is 10.2 Å². The zero-order chi connectivity index (χ0) is 14.8. The van der Waals surface area contributed by atoms with E-state index in [1.807, 2.05) is 6.07 Å². The van der Waals surface area contributed by atoms with Crippen LogP contribution in [0.25, 0.3) is 0 Å². The SMILES string of the molecule is CC(Cl)(N=Nc1c(Cl)cc(Cl)cc1Cl)c1ccccn1. The summed E-state index contributed by atoms with van der Waals surface area (Å²) in [6.45, 7) is 1.68. The lowest BCUT2D eigenvalue weighted by atomic mass is 10.2. The number of pyridine rings is 1. The molecule has 3 nitrogen and oxygen atoms in total. The quantitative estimate of drug-likeness (QED) is 0.367. The Bertz CT molecular complexity index is 618. The van der Waals surface area contributed by atoms with Crippen molar-refractivity contribution < 1.29 is 0 Å². The molecule has 0 saturated heterocycles. The van der Waals surface area contributed by atoms with Gasteiger partial charge in [0.25, 0.3) is 0 Å². The molecule has 1 atom stereocenters. The molecule has 7 heteroatoms. The monoisotopic (exact) mass is 347 g/mol. The van der Waals surface area contributed by atoms with Crippen molar-refractivity contribution in [1.29, 1.82) is 0 Å². The van der Waals surface area contributed by atoms with Gasteiger partial charge in [-0.15, -0.1) is 0 Å². The topological polar surface area (TPSA) is 37.6 Å². The van der Waals surface area contributed by atoms with Crippen LogP contribution in [0.15, 0.2) is 46.8 Å². The Kier molecular flexibility index (Phi) is 4.86. The Morgan fingerprint density at radius 3 is 2.30 bits per heavy atom. The van der Waals surface area contributed by atoms with Gasteiger partial charge in [-0.2, -0.15) is 10.2 Å². The first-order valence-corrected chi connectivity index (χ1v) is 7.09. The van der Waals surface area contributed by atoms with Crippen molar-refractivity contribution in [1.82, 2.24) is 4.98 Å². The molecular formula is C13H9Cl4N3. The summed E-state index contributed by atoms with van der Waals surface area (Å²) in [4.78, 5) is 3.05. The van der Waals surface area contributed by atoms with E-state index < -0.39 is 5.00 Å². The molecule has 2 rings (SSSR count). The maximum Gasteiger partial charge on any atom is 0.193 e. The number of alkyl halides is 1. The second kappa shape index (κ2) is 6.27. The fraction of sp³-hybridized carbons (Fsp3) is 0.154. The van der Waals surface area contributed by atoms with Gasteiger partial charge in [-0.25, -0.2) is 0 Å². The van der Waals surface area contributed by atoms with E-state index >= 15 is 0 Å². The van der Waals surface area contributed by atoms with E-state index in [2.05, 4.69) is 15.2 Å². The Hall–Kier alpha value is -0.870. The van der Waals surface area contributed by atoms with Gasteiger partial charge in [-0.1, -0.05) is 52.5 Å². The number of azo groups is 1. The second-order valence-corrected chi connectivity index (χ2v) is 6.07. The number of halogens is 4. The summed E-state index contributed by atoms with van der Waals surface area (Å²) in [7, 11) is 0. The van der Waals surface area contributed by atoms with Gasteiger partial charge in [0.05, 0.1) is 15.7 Å². The normalized spacial score (nSPS) is 14.4. The molecular weight excluding hydrogens is 340 g/mol. The van der Waals surface area contributed by atoms with E-state index in [0.29, 0.717) is 26.4 Å². The van der Waals surface area contributed by atoms with E-state index in [4.69, 9.17) is 46.4 Å². The van der Waals surface area contributed by atoms with E-state index in [-0.39, 0.29) is 0 Å². The number of rotatable bonds is 3. The van der Waals surface area contributed by atoms with Gasteiger partial charge in [0.1, 0.15) is 5.69 Å². The molecule has 0 N–H and O–H groups in total. The maximum absolute atomic E-state index is 6.31. The zero-order valence-corrected chi connectivity index (χ0v) is 13.3. The molecule has 1 aromatic heterocycles. The summed E-state index contributed by atoms with van der Waals surface area (Å²) in [6, 6.07) is 8.45. The number of nitrogens with zero attached hydrogens (tertiary/aromatic N) is 3. The molecule has 2 aromatic rings. The van der Waals surface area contributed by atoms with Crippen molar-refractivity contribution in [3.05, 3.63) is 57.3 Å². The molecule has 0 bridgehead atoms. The fourth-order valence-electron chi connectivity index (χ4n) is 1.46. The van der Waals surface area contributed by atoms with Crippen molar-refractivity contribution in [3.63, 3.8) is 0 Å². The van der Waals surface area contributed by atoms with E-state index in [1.54, 1.807) is 25.3 Å². The molecule has 0 fully saturated rings. The summed E-state index contributed by atoms with van der Waals surface area (Å²) >= 11 is 24.2. The molecule has 0 radical (unpaired) electrons. The smallest absolute Gasteiger partial charge is 0.193 e. The molecule has 0 aliphatic rings. The molecule has 0 saturated carbocycles. The van der Waals surface area contributed by atoms with E-state index in [9.17, 15) is 0 Å². The Labute approximate surface area is 136 Å². The average molecular weight is 349 g/mol. The summed E-state index contributed by atoms with van der Waals surface area (Å²) in [5.74, 6) is 0.